The van der Waals surface area contributed by atoms with Crippen molar-refractivity contribution in [2.75, 3.05) is 0 Å². The average Bonchev–Trinajstić information content (AvgIpc) is 2.62. The van der Waals surface area contributed by atoms with Crippen LogP contribution in [0.2, 0.25) is 0 Å². The van der Waals surface area contributed by atoms with Crippen LogP contribution in [0.15, 0.2) is 23.7 Å². The summed E-state index contributed by atoms with van der Waals surface area (Å²) in [5, 5.41) is 0. The Balaban J connectivity index is 1.88. The second-order valence-electron chi connectivity index (χ2n) is 5.03. The zero-order valence-corrected chi connectivity index (χ0v) is 8.83. The molecule has 2 aliphatic carbocycles. The van der Waals surface area contributed by atoms with Gasteiger partial charge in [0.1, 0.15) is 0 Å². The largest absolute Gasteiger partial charge is 0.470 e. The second-order valence-corrected chi connectivity index (χ2v) is 5.03. The fourth-order valence-corrected chi connectivity index (χ4v) is 3.51. The highest BCUT2D eigenvalue weighted by molar-refractivity contribution is 5.23. The number of ether oxygens (including phenoxy) is 1. The van der Waals surface area contributed by atoms with E-state index in [0.717, 1.165) is 11.8 Å². The highest BCUT2D eigenvalue weighted by Gasteiger charge is 2.37. The lowest BCUT2D eigenvalue weighted by atomic mass is 9.72. The van der Waals surface area contributed by atoms with E-state index >= 15 is 0 Å². The SMILES string of the molecule is CC1=C2CC3CCCC3CC2C=CO1. The molecule has 3 rings (SSSR count). The smallest absolute Gasteiger partial charge is 0.0998 e. The molecule has 76 valence electrons. The summed E-state index contributed by atoms with van der Waals surface area (Å²) in [6, 6.07) is 0. The van der Waals surface area contributed by atoms with Gasteiger partial charge in [0.05, 0.1) is 12.0 Å². The van der Waals surface area contributed by atoms with Gasteiger partial charge in [-0.15, -0.1) is 0 Å². The van der Waals surface area contributed by atoms with Crippen LogP contribution < -0.4 is 0 Å². The summed E-state index contributed by atoms with van der Waals surface area (Å²) in [4.78, 5) is 0. The Hall–Kier alpha value is -0.720. The molecule has 0 amide bonds. The van der Waals surface area contributed by atoms with E-state index in [1.807, 2.05) is 6.26 Å². The quantitative estimate of drug-likeness (QED) is 0.566. The topological polar surface area (TPSA) is 9.23 Å². The lowest BCUT2D eigenvalue weighted by Gasteiger charge is -2.35. The highest BCUT2D eigenvalue weighted by Crippen LogP contribution is 2.48. The fraction of sp³-hybridized carbons (Fsp3) is 0.692. The zero-order valence-electron chi connectivity index (χ0n) is 8.83. The molecule has 1 heteroatoms. The third-order valence-corrected chi connectivity index (χ3v) is 4.31. The maximum Gasteiger partial charge on any atom is 0.0998 e. The molecule has 0 radical (unpaired) electrons. The summed E-state index contributed by atoms with van der Waals surface area (Å²) in [5.74, 6) is 3.89. The molecule has 0 spiro atoms. The van der Waals surface area contributed by atoms with Gasteiger partial charge in [0.2, 0.25) is 0 Å². The van der Waals surface area contributed by atoms with Gasteiger partial charge in [0.25, 0.3) is 0 Å². The van der Waals surface area contributed by atoms with Crippen molar-refractivity contribution >= 4 is 0 Å². The van der Waals surface area contributed by atoms with Crippen molar-refractivity contribution in [3.63, 3.8) is 0 Å². The molecule has 0 aromatic heterocycles. The van der Waals surface area contributed by atoms with E-state index in [1.54, 1.807) is 5.57 Å². The molecule has 0 aromatic carbocycles. The predicted molar refractivity (Wildman–Crippen MR) is 56.5 cm³/mol. The van der Waals surface area contributed by atoms with Gasteiger partial charge in [-0.25, -0.2) is 0 Å². The van der Waals surface area contributed by atoms with Crippen LogP contribution in [0.4, 0.5) is 0 Å². The lowest BCUT2D eigenvalue weighted by Crippen LogP contribution is -2.24. The number of rotatable bonds is 0. The Labute approximate surface area is 85.8 Å². The van der Waals surface area contributed by atoms with Crippen molar-refractivity contribution in [2.45, 2.75) is 39.0 Å². The van der Waals surface area contributed by atoms with Crippen LogP contribution in [0.1, 0.15) is 39.0 Å². The van der Waals surface area contributed by atoms with E-state index in [4.69, 9.17) is 4.74 Å². The van der Waals surface area contributed by atoms with Gasteiger partial charge in [-0.05, 0) is 49.7 Å². The van der Waals surface area contributed by atoms with Crippen LogP contribution in [-0.2, 0) is 4.74 Å². The Bertz CT molecular complexity index is 300. The van der Waals surface area contributed by atoms with Crippen LogP contribution >= 0.6 is 0 Å². The minimum atomic E-state index is 0.711. The molecule has 0 aromatic rings. The fourth-order valence-electron chi connectivity index (χ4n) is 3.51. The Morgan fingerprint density at radius 1 is 1.29 bits per heavy atom. The van der Waals surface area contributed by atoms with Gasteiger partial charge >= 0.3 is 0 Å². The van der Waals surface area contributed by atoms with Crippen molar-refractivity contribution in [3.05, 3.63) is 23.7 Å². The average molecular weight is 190 g/mol. The molecule has 3 aliphatic rings. The molecular weight excluding hydrogens is 172 g/mol. The summed E-state index contributed by atoms with van der Waals surface area (Å²) < 4.78 is 5.49. The third kappa shape index (κ3) is 1.22. The zero-order chi connectivity index (χ0) is 9.54. The van der Waals surface area contributed by atoms with Crippen LogP contribution in [0.3, 0.4) is 0 Å². The minimum Gasteiger partial charge on any atom is -0.470 e. The Morgan fingerprint density at radius 2 is 2.14 bits per heavy atom. The maximum absolute atomic E-state index is 5.49. The van der Waals surface area contributed by atoms with Crippen LogP contribution in [0.5, 0.6) is 0 Å². The van der Waals surface area contributed by atoms with Gasteiger partial charge in [0, 0.05) is 5.92 Å². The first-order chi connectivity index (χ1) is 6.84. The summed E-state index contributed by atoms with van der Waals surface area (Å²) in [5.41, 5.74) is 1.59. The highest BCUT2D eigenvalue weighted by atomic mass is 16.5. The summed E-state index contributed by atoms with van der Waals surface area (Å²) in [6.45, 7) is 2.13. The maximum atomic E-state index is 5.49. The predicted octanol–water partition coefficient (Wildman–Crippen LogP) is 3.63. The van der Waals surface area contributed by atoms with E-state index in [1.165, 1.54) is 37.9 Å². The van der Waals surface area contributed by atoms with E-state index < -0.39 is 0 Å². The second kappa shape index (κ2) is 3.15. The summed E-state index contributed by atoms with van der Waals surface area (Å²) in [7, 11) is 0. The molecule has 1 aliphatic heterocycles. The molecule has 2 saturated carbocycles. The van der Waals surface area contributed by atoms with Crippen molar-refractivity contribution in [2.24, 2.45) is 17.8 Å². The van der Waals surface area contributed by atoms with Crippen molar-refractivity contribution in [1.82, 2.24) is 0 Å². The van der Waals surface area contributed by atoms with Gasteiger partial charge in [-0.3, -0.25) is 0 Å². The molecule has 1 nitrogen and oxygen atoms in total. The van der Waals surface area contributed by atoms with Crippen LogP contribution in [0, 0.1) is 17.8 Å². The molecule has 1 heterocycles. The first-order valence-electron chi connectivity index (χ1n) is 5.87. The van der Waals surface area contributed by atoms with Crippen molar-refractivity contribution < 1.29 is 4.74 Å². The molecule has 14 heavy (non-hydrogen) atoms. The minimum absolute atomic E-state index is 0.711. The number of hydrogen-bond acceptors (Lipinski definition) is 1. The van der Waals surface area contributed by atoms with Gasteiger partial charge < -0.3 is 4.74 Å². The monoisotopic (exact) mass is 190 g/mol. The van der Waals surface area contributed by atoms with E-state index in [2.05, 4.69) is 13.0 Å². The third-order valence-electron chi connectivity index (χ3n) is 4.31. The van der Waals surface area contributed by atoms with Gasteiger partial charge in [-0.1, -0.05) is 12.8 Å². The first-order valence-corrected chi connectivity index (χ1v) is 5.87. The molecule has 2 fully saturated rings. The van der Waals surface area contributed by atoms with Crippen molar-refractivity contribution in [3.8, 4) is 0 Å². The first kappa shape index (κ1) is 8.58. The van der Waals surface area contributed by atoms with Crippen LogP contribution in [0.25, 0.3) is 0 Å². The van der Waals surface area contributed by atoms with E-state index in [-0.39, 0.29) is 0 Å². The lowest BCUT2D eigenvalue weighted by molar-refractivity contribution is 0.248. The van der Waals surface area contributed by atoms with E-state index in [9.17, 15) is 0 Å². The number of fused-ring (bicyclic) bond motifs is 2. The van der Waals surface area contributed by atoms with Gasteiger partial charge in [0.15, 0.2) is 0 Å². The van der Waals surface area contributed by atoms with Crippen molar-refractivity contribution in [1.29, 1.82) is 0 Å². The Kier molecular flexibility index (Phi) is 1.93. The molecule has 3 atom stereocenters. The number of allylic oxidation sites excluding steroid dienone is 3. The van der Waals surface area contributed by atoms with E-state index in [0.29, 0.717) is 5.92 Å². The van der Waals surface area contributed by atoms with Crippen LogP contribution in [-0.4, -0.2) is 0 Å². The molecular formula is C13H18O. The standard InChI is InChI=1S/C13H18O/c1-9-13-8-11-4-2-3-10(11)7-12(13)5-6-14-9/h5-6,10-12H,2-4,7-8H2,1H3. The molecule has 0 N–H and O–H groups in total. The normalized spacial score (nSPS) is 40.5. The molecule has 0 saturated heterocycles. The summed E-state index contributed by atoms with van der Waals surface area (Å²) >= 11 is 0. The molecule has 3 unspecified atom stereocenters. The molecule has 0 bridgehead atoms. The summed E-state index contributed by atoms with van der Waals surface area (Å²) in [6.07, 6.45) is 11.2. The van der Waals surface area contributed by atoms with Gasteiger partial charge in [-0.2, -0.15) is 0 Å². The Morgan fingerprint density at radius 3 is 3.07 bits per heavy atom. The number of hydrogen-bond donors (Lipinski definition) is 0.